The number of hydrogen-bond donors (Lipinski definition) is 1. The Morgan fingerprint density at radius 1 is 0.946 bits per heavy atom. The lowest BCUT2D eigenvalue weighted by Gasteiger charge is -2.35. The van der Waals surface area contributed by atoms with E-state index in [9.17, 15) is 14.3 Å². The third-order valence-corrected chi connectivity index (χ3v) is 9.40. The molecule has 4 nitrogen and oxygen atoms in total. The maximum atomic E-state index is 13.1. The third-order valence-electron chi connectivity index (χ3n) is 9.40. The smallest absolute Gasteiger partial charge is 0.320 e. The molecule has 0 bridgehead atoms. The summed E-state index contributed by atoms with van der Waals surface area (Å²) < 4.78 is 13.1. The topological polar surface area (TPSA) is 43.8 Å². The van der Waals surface area contributed by atoms with Gasteiger partial charge < -0.3 is 10.0 Å². The van der Waals surface area contributed by atoms with Crippen LogP contribution < -0.4 is 0 Å². The van der Waals surface area contributed by atoms with E-state index in [4.69, 9.17) is 0 Å². The van der Waals surface area contributed by atoms with Crippen molar-refractivity contribution in [3.05, 3.63) is 71.5 Å². The Hall–Kier alpha value is -2.24. The summed E-state index contributed by atoms with van der Waals surface area (Å²) in [4.78, 5) is 17.2. The SMILES string of the molecule is O=C(O)[C@@H](CC1CCC1)N1C[C@H](CN2CCC(CCCc3ccc(F)cc3)CC2)[C@@H](c2ccccc2)C1. The van der Waals surface area contributed by atoms with E-state index in [1.165, 1.54) is 56.1 Å². The first-order valence-corrected chi connectivity index (χ1v) is 14.5. The summed E-state index contributed by atoms with van der Waals surface area (Å²) in [5.74, 6) is 1.45. The summed E-state index contributed by atoms with van der Waals surface area (Å²) >= 11 is 0. The highest BCUT2D eigenvalue weighted by Gasteiger charge is 2.41. The number of hydrogen-bond acceptors (Lipinski definition) is 3. The lowest BCUT2D eigenvalue weighted by Crippen LogP contribution is -2.43. The summed E-state index contributed by atoms with van der Waals surface area (Å²) in [6.45, 7) is 5.10. The first-order valence-electron chi connectivity index (χ1n) is 14.5. The molecule has 3 fully saturated rings. The van der Waals surface area contributed by atoms with Crippen molar-refractivity contribution in [2.24, 2.45) is 17.8 Å². The highest BCUT2D eigenvalue weighted by Crippen LogP contribution is 2.38. The van der Waals surface area contributed by atoms with Crippen molar-refractivity contribution < 1.29 is 14.3 Å². The molecule has 3 aliphatic rings. The molecular weight excluding hydrogens is 463 g/mol. The van der Waals surface area contributed by atoms with Gasteiger partial charge in [0.05, 0.1) is 0 Å². The molecule has 37 heavy (non-hydrogen) atoms. The van der Waals surface area contributed by atoms with Gasteiger partial charge in [0.1, 0.15) is 11.9 Å². The Morgan fingerprint density at radius 2 is 1.68 bits per heavy atom. The molecule has 2 heterocycles. The van der Waals surface area contributed by atoms with Crippen LogP contribution in [0.3, 0.4) is 0 Å². The van der Waals surface area contributed by atoms with Crippen LogP contribution >= 0.6 is 0 Å². The number of nitrogens with zero attached hydrogens (tertiary/aromatic N) is 2. The molecule has 5 rings (SSSR count). The Labute approximate surface area is 221 Å². The zero-order valence-electron chi connectivity index (χ0n) is 22.1. The Morgan fingerprint density at radius 3 is 2.32 bits per heavy atom. The molecule has 2 aromatic rings. The summed E-state index contributed by atoms with van der Waals surface area (Å²) in [5, 5.41) is 10.1. The number of aryl methyl sites for hydroxylation is 1. The summed E-state index contributed by atoms with van der Waals surface area (Å²) in [7, 11) is 0. The van der Waals surface area contributed by atoms with Crippen molar-refractivity contribution in [3.8, 4) is 0 Å². The van der Waals surface area contributed by atoms with Gasteiger partial charge in [0.15, 0.2) is 0 Å². The molecule has 1 saturated carbocycles. The number of rotatable bonds is 11. The van der Waals surface area contributed by atoms with Crippen molar-refractivity contribution in [1.82, 2.24) is 9.80 Å². The van der Waals surface area contributed by atoms with Crippen LogP contribution in [0.1, 0.15) is 68.4 Å². The highest BCUT2D eigenvalue weighted by molar-refractivity contribution is 5.73. The van der Waals surface area contributed by atoms with E-state index in [1.54, 1.807) is 12.1 Å². The number of piperidine rings is 1. The van der Waals surface area contributed by atoms with Gasteiger partial charge in [-0.3, -0.25) is 9.69 Å². The molecule has 1 N–H and O–H groups in total. The molecule has 2 aromatic carbocycles. The number of aliphatic carboxylic acids is 1. The molecule has 0 amide bonds. The molecule has 5 heteroatoms. The van der Waals surface area contributed by atoms with Crippen LogP contribution in [0.4, 0.5) is 4.39 Å². The zero-order chi connectivity index (χ0) is 25.6. The van der Waals surface area contributed by atoms with Crippen molar-refractivity contribution in [2.75, 3.05) is 32.7 Å². The van der Waals surface area contributed by atoms with Crippen molar-refractivity contribution in [2.45, 2.75) is 69.7 Å². The van der Waals surface area contributed by atoms with Crippen molar-refractivity contribution >= 4 is 5.97 Å². The molecule has 2 saturated heterocycles. The van der Waals surface area contributed by atoms with Gasteiger partial charge >= 0.3 is 5.97 Å². The van der Waals surface area contributed by atoms with Crippen molar-refractivity contribution in [3.63, 3.8) is 0 Å². The van der Waals surface area contributed by atoms with Gasteiger partial charge in [-0.15, -0.1) is 0 Å². The fourth-order valence-electron chi connectivity index (χ4n) is 6.91. The van der Waals surface area contributed by atoms with Gasteiger partial charge in [0.2, 0.25) is 0 Å². The number of carboxylic acids is 1. The van der Waals surface area contributed by atoms with Gasteiger partial charge in [0, 0.05) is 25.6 Å². The van der Waals surface area contributed by atoms with Gasteiger partial charge in [-0.1, -0.05) is 68.1 Å². The van der Waals surface area contributed by atoms with Crippen LogP contribution in [-0.4, -0.2) is 59.6 Å². The number of carbonyl (C=O) groups is 1. The van der Waals surface area contributed by atoms with E-state index in [2.05, 4.69) is 40.1 Å². The Bertz CT molecular complexity index is 986. The van der Waals surface area contributed by atoms with Crippen LogP contribution in [0.5, 0.6) is 0 Å². The average molecular weight is 507 g/mol. The maximum Gasteiger partial charge on any atom is 0.320 e. The number of carboxylic acid groups (broad SMARTS) is 1. The van der Waals surface area contributed by atoms with E-state index in [1.807, 2.05) is 12.1 Å². The van der Waals surface area contributed by atoms with Gasteiger partial charge in [-0.05, 0) is 86.2 Å². The van der Waals surface area contributed by atoms with Gasteiger partial charge in [0.25, 0.3) is 0 Å². The zero-order valence-corrected chi connectivity index (χ0v) is 22.1. The Kier molecular flexibility index (Phi) is 8.93. The lowest BCUT2D eigenvalue weighted by molar-refractivity contribution is -0.144. The van der Waals surface area contributed by atoms with Gasteiger partial charge in [-0.25, -0.2) is 4.39 Å². The molecule has 0 unspecified atom stereocenters. The summed E-state index contributed by atoms with van der Waals surface area (Å²) in [6.07, 6.45) is 10.4. The molecule has 1 aliphatic carbocycles. The molecular formula is C32H43FN2O2. The first-order chi connectivity index (χ1) is 18.0. The number of benzene rings is 2. The minimum absolute atomic E-state index is 0.159. The van der Waals surface area contributed by atoms with Crippen LogP contribution in [0.25, 0.3) is 0 Å². The fraction of sp³-hybridized carbons (Fsp3) is 0.594. The van der Waals surface area contributed by atoms with E-state index < -0.39 is 5.97 Å². The minimum atomic E-state index is -0.638. The quantitative estimate of drug-likeness (QED) is 0.393. The highest BCUT2D eigenvalue weighted by atomic mass is 19.1. The van der Waals surface area contributed by atoms with Crippen LogP contribution in [0, 0.1) is 23.6 Å². The predicted molar refractivity (Wildman–Crippen MR) is 146 cm³/mol. The molecule has 0 spiro atoms. The second-order valence-corrected chi connectivity index (χ2v) is 11.9. The van der Waals surface area contributed by atoms with Gasteiger partial charge in [-0.2, -0.15) is 0 Å². The largest absolute Gasteiger partial charge is 0.480 e. The maximum absolute atomic E-state index is 13.1. The second kappa shape index (κ2) is 12.5. The summed E-state index contributed by atoms with van der Waals surface area (Å²) in [5.41, 5.74) is 2.59. The molecule has 200 valence electrons. The molecule has 0 radical (unpaired) electrons. The minimum Gasteiger partial charge on any atom is -0.480 e. The normalized spacial score (nSPS) is 24.7. The average Bonchev–Trinajstić information content (AvgIpc) is 3.29. The monoisotopic (exact) mass is 506 g/mol. The predicted octanol–water partition coefficient (Wildman–Crippen LogP) is 6.22. The van der Waals surface area contributed by atoms with Crippen molar-refractivity contribution in [1.29, 1.82) is 0 Å². The third kappa shape index (κ3) is 7.00. The lowest BCUT2D eigenvalue weighted by atomic mass is 9.80. The fourth-order valence-corrected chi connectivity index (χ4v) is 6.91. The van der Waals surface area contributed by atoms with Crippen LogP contribution in [-0.2, 0) is 11.2 Å². The first kappa shape index (κ1) is 26.4. The van der Waals surface area contributed by atoms with E-state index in [0.29, 0.717) is 17.8 Å². The Balaban J connectivity index is 1.14. The van der Waals surface area contributed by atoms with E-state index in [0.717, 1.165) is 51.5 Å². The standard InChI is InChI=1S/C32H43FN2O2/c33-29-14-12-24(13-15-29)6-4-7-25-16-18-34(19-17-25)21-28-22-35(23-30(28)27-10-2-1-3-11-27)31(32(36)37)20-26-8-5-9-26/h1-3,10-15,25-26,28,30-31H,4-9,16-23H2,(H,36,37)/t28-,30+,31+/m0/s1. The van der Waals surface area contributed by atoms with E-state index in [-0.39, 0.29) is 11.9 Å². The van der Waals surface area contributed by atoms with E-state index >= 15 is 0 Å². The second-order valence-electron chi connectivity index (χ2n) is 11.9. The number of halogens is 1. The molecule has 0 aromatic heterocycles. The molecule has 3 atom stereocenters. The summed E-state index contributed by atoms with van der Waals surface area (Å²) in [6, 6.07) is 17.4. The van der Waals surface area contributed by atoms with Crippen LogP contribution in [0.15, 0.2) is 54.6 Å². The molecule has 2 aliphatic heterocycles. The number of likely N-dealkylation sites (tertiary alicyclic amines) is 2. The van der Waals surface area contributed by atoms with Crippen LogP contribution in [0.2, 0.25) is 0 Å².